The Morgan fingerprint density at radius 2 is 1.44 bits per heavy atom. The lowest BCUT2D eigenvalue weighted by Gasteiger charge is -2.10. The molecule has 0 aliphatic heterocycles. The summed E-state index contributed by atoms with van der Waals surface area (Å²) in [5.41, 5.74) is 0.477. The summed E-state index contributed by atoms with van der Waals surface area (Å²) in [6, 6.07) is 6.44. The van der Waals surface area contributed by atoms with E-state index in [9.17, 15) is 9.59 Å². The molecule has 7 nitrogen and oxygen atoms in total. The lowest BCUT2D eigenvalue weighted by molar-refractivity contribution is -0.0177. The normalized spacial score (nSPS) is 12.4. The molecule has 0 bridgehead atoms. The Bertz CT molecular complexity index is 477. The van der Waals surface area contributed by atoms with Gasteiger partial charge >= 0.3 is 11.9 Å². The first-order valence-corrected chi connectivity index (χ1v) is 8.21. The Balaban J connectivity index is 0.000000547. The summed E-state index contributed by atoms with van der Waals surface area (Å²) in [5, 5.41) is 17.1. The van der Waals surface area contributed by atoms with Gasteiger partial charge in [0.05, 0.1) is 49.8 Å². The molecule has 1 rings (SSSR count). The number of esters is 2. The van der Waals surface area contributed by atoms with Crippen molar-refractivity contribution in [3.63, 3.8) is 0 Å². The second-order valence-electron chi connectivity index (χ2n) is 5.16. The van der Waals surface area contributed by atoms with Crippen LogP contribution in [0.5, 0.6) is 0 Å². The Kier molecular flexibility index (Phi) is 12.3. The second-order valence-corrected chi connectivity index (χ2v) is 5.16. The zero-order valence-corrected chi connectivity index (χ0v) is 15.2. The number of hydrogen-bond acceptors (Lipinski definition) is 7. The molecule has 0 fully saturated rings. The highest BCUT2D eigenvalue weighted by Gasteiger charge is 2.17. The van der Waals surface area contributed by atoms with Gasteiger partial charge in [-0.15, -0.1) is 0 Å². The third-order valence-electron chi connectivity index (χ3n) is 2.80. The highest BCUT2D eigenvalue weighted by molar-refractivity contribution is 6.03. The standard InChI is InChI=1S/C12H14O4.C6H14O3/c1-3-15-11(13)9-7-5-6-8-10(9)12(14)16-4-2;1-5(8)4-9-6(2)3-7/h5-8H,3-4H2,1-2H3;5-8H,3-4H2,1-2H3. The first kappa shape index (κ1) is 23.0. The SMILES string of the molecule is CC(O)COC(C)CO.CCOC(=O)c1ccccc1C(=O)OCC. The van der Waals surface area contributed by atoms with E-state index in [1.165, 1.54) is 0 Å². The average molecular weight is 356 g/mol. The van der Waals surface area contributed by atoms with Gasteiger partial charge in [-0.1, -0.05) is 12.1 Å². The van der Waals surface area contributed by atoms with Crippen molar-refractivity contribution in [2.45, 2.75) is 39.9 Å². The summed E-state index contributed by atoms with van der Waals surface area (Å²) in [6.45, 7) is 7.67. The molecule has 0 spiro atoms. The first-order chi connectivity index (χ1) is 11.9. The van der Waals surface area contributed by atoms with E-state index in [1.807, 2.05) is 0 Å². The van der Waals surface area contributed by atoms with Crippen LogP contribution >= 0.6 is 0 Å². The maximum atomic E-state index is 11.5. The zero-order chi connectivity index (χ0) is 19.2. The Morgan fingerprint density at radius 1 is 1.00 bits per heavy atom. The van der Waals surface area contributed by atoms with Gasteiger partial charge in [-0.25, -0.2) is 9.59 Å². The van der Waals surface area contributed by atoms with Crippen LogP contribution in [0, 0.1) is 0 Å². The summed E-state index contributed by atoms with van der Waals surface area (Å²) in [6.07, 6.45) is -0.612. The van der Waals surface area contributed by atoms with Gasteiger partial charge in [0.2, 0.25) is 0 Å². The number of hydrogen-bond donors (Lipinski definition) is 2. The first-order valence-electron chi connectivity index (χ1n) is 8.21. The van der Waals surface area contributed by atoms with Crippen molar-refractivity contribution < 1.29 is 34.0 Å². The van der Waals surface area contributed by atoms with Crippen LogP contribution in [-0.4, -0.2) is 60.8 Å². The number of aliphatic hydroxyl groups is 2. The maximum Gasteiger partial charge on any atom is 0.338 e. The van der Waals surface area contributed by atoms with Crippen LogP contribution < -0.4 is 0 Å². The van der Waals surface area contributed by atoms with Crippen LogP contribution in [0.4, 0.5) is 0 Å². The van der Waals surface area contributed by atoms with E-state index >= 15 is 0 Å². The van der Waals surface area contributed by atoms with Crippen molar-refractivity contribution in [2.24, 2.45) is 0 Å². The van der Waals surface area contributed by atoms with Crippen LogP contribution in [0.15, 0.2) is 24.3 Å². The average Bonchev–Trinajstić information content (AvgIpc) is 2.60. The molecule has 0 aliphatic rings. The third-order valence-corrected chi connectivity index (χ3v) is 2.80. The molecular formula is C18H28O7. The van der Waals surface area contributed by atoms with Crippen molar-refractivity contribution in [1.82, 2.24) is 0 Å². The number of aliphatic hydroxyl groups excluding tert-OH is 2. The highest BCUT2D eigenvalue weighted by atomic mass is 16.5. The molecule has 0 saturated carbocycles. The van der Waals surface area contributed by atoms with Gasteiger partial charge in [0.15, 0.2) is 0 Å². The van der Waals surface area contributed by atoms with E-state index in [1.54, 1.807) is 52.0 Å². The molecule has 142 valence electrons. The van der Waals surface area contributed by atoms with Gasteiger partial charge < -0.3 is 24.4 Å². The fraction of sp³-hybridized carbons (Fsp3) is 0.556. The number of carbonyl (C=O) groups excluding carboxylic acids is 2. The van der Waals surface area contributed by atoms with Gasteiger partial charge in [0, 0.05) is 0 Å². The molecule has 2 N–H and O–H groups in total. The van der Waals surface area contributed by atoms with Gasteiger partial charge in [0.1, 0.15) is 0 Å². The van der Waals surface area contributed by atoms with Crippen molar-refractivity contribution in [3.8, 4) is 0 Å². The van der Waals surface area contributed by atoms with Crippen LogP contribution in [0.3, 0.4) is 0 Å². The molecule has 0 heterocycles. The Labute approximate surface area is 148 Å². The van der Waals surface area contributed by atoms with Crippen LogP contribution in [0.2, 0.25) is 0 Å². The van der Waals surface area contributed by atoms with Gasteiger partial charge in [0.25, 0.3) is 0 Å². The molecule has 7 heteroatoms. The van der Waals surface area contributed by atoms with Crippen molar-refractivity contribution in [2.75, 3.05) is 26.4 Å². The van der Waals surface area contributed by atoms with E-state index in [0.717, 1.165) is 0 Å². The largest absolute Gasteiger partial charge is 0.462 e. The van der Waals surface area contributed by atoms with E-state index < -0.39 is 18.0 Å². The van der Waals surface area contributed by atoms with Gasteiger partial charge in [-0.3, -0.25) is 0 Å². The van der Waals surface area contributed by atoms with Crippen molar-refractivity contribution in [1.29, 1.82) is 0 Å². The van der Waals surface area contributed by atoms with E-state index in [0.29, 0.717) is 6.61 Å². The lowest BCUT2D eigenvalue weighted by Crippen LogP contribution is -2.19. The molecule has 2 atom stereocenters. The molecule has 0 aromatic heterocycles. The molecule has 0 saturated heterocycles. The van der Waals surface area contributed by atoms with E-state index in [-0.39, 0.29) is 37.1 Å². The second kappa shape index (κ2) is 13.3. The van der Waals surface area contributed by atoms with Gasteiger partial charge in [-0.2, -0.15) is 0 Å². The van der Waals surface area contributed by atoms with Crippen LogP contribution in [0.1, 0.15) is 48.4 Å². The monoisotopic (exact) mass is 356 g/mol. The van der Waals surface area contributed by atoms with Crippen LogP contribution in [-0.2, 0) is 14.2 Å². The van der Waals surface area contributed by atoms with Crippen molar-refractivity contribution >= 4 is 11.9 Å². The topological polar surface area (TPSA) is 102 Å². The summed E-state index contributed by atoms with van der Waals surface area (Å²) in [7, 11) is 0. The summed E-state index contributed by atoms with van der Waals surface area (Å²) in [5.74, 6) is -1.02. The fourth-order valence-electron chi connectivity index (χ4n) is 1.61. The number of ether oxygens (including phenoxy) is 3. The molecule has 0 aliphatic carbocycles. The minimum Gasteiger partial charge on any atom is -0.462 e. The number of rotatable bonds is 8. The summed E-state index contributed by atoms with van der Waals surface area (Å²) >= 11 is 0. The lowest BCUT2D eigenvalue weighted by atomic mass is 10.1. The van der Waals surface area contributed by atoms with Gasteiger partial charge in [-0.05, 0) is 39.8 Å². The molecule has 0 radical (unpaired) electrons. The fourth-order valence-corrected chi connectivity index (χ4v) is 1.61. The van der Waals surface area contributed by atoms with E-state index in [2.05, 4.69) is 0 Å². The quantitative estimate of drug-likeness (QED) is 0.685. The molecule has 1 aromatic rings. The minimum atomic E-state index is -0.508. The minimum absolute atomic E-state index is 0.00667. The van der Waals surface area contributed by atoms with Crippen molar-refractivity contribution in [3.05, 3.63) is 35.4 Å². The maximum absolute atomic E-state index is 11.5. The summed E-state index contributed by atoms with van der Waals surface area (Å²) in [4.78, 5) is 23.1. The Morgan fingerprint density at radius 3 is 1.76 bits per heavy atom. The molecule has 25 heavy (non-hydrogen) atoms. The summed E-state index contributed by atoms with van der Waals surface area (Å²) < 4.78 is 14.7. The smallest absolute Gasteiger partial charge is 0.338 e. The number of carbonyl (C=O) groups is 2. The number of benzene rings is 1. The predicted octanol–water partition coefficient (Wildman–Crippen LogP) is 1.80. The van der Waals surface area contributed by atoms with E-state index in [4.69, 9.17) is 24.4 Å². The third kappa shape index (κ3) is 9.81. The highest BCUT2D eigenvalue weighted by Crippen LogP contribution is 2.11. The zero-order valence-electron chi connectivity index (χ0n) is 15.2. The molecule has 2 unspecified atom stereocenters. The predicted molar refractivity (Wildman–Crippen MR) is 92.5 cm³/mol. The Hall–Kier alpha value is -1.96. The molecular weight excluding hydrogens is 328 g/mol. The van der Waals surface area contributed by atoms with Crippen LogP contribution in [0.25, 0.3) is 0 Å². The molecule has 1 aromatic carbocycles. The molecule has 0 amide bonds.